The predicted octanol–water partition coefficient (Wildman–Crippen LogP) is 2.77. The Labute approximate surface area is 107 Å². The number of carboxylic acids is 1. The SMILES string of the molecule is Cc1cc(CC(=O)O)nc2ccc(I)cc12. The number of pyridine rings is 1. The van der Waals surface area contributed by atoms with Crippen LogP contribution in [0, 0.1) is 10.5 Å². The van der Waals surface area contributed by atoms with Gasteiger partial charge in [0.15, 0.2) is 0 Å². The van der Waals surface area contributed by atoms with E-state index in [1.54, 1.807) is 0 Å². The lowest BCUT2D eigenvalue weighted by Crippen LogP contribution is -2.03. The highest BCUT2D eigenvalue weighted by Crippen LogP contribution is 2.20. The van der Waals surface area contributed by atoms with Gasteiger partial charge in [-0.05, 0) is 59.3 Å². The van der Waals surface area contributed by atoms with Gasteiger partial charge in [-0.3, -0.25) is 9.78 Å². The van der Waals surface area contributed by atoms with E-state index >= 15 is 0 Å². The summed E-state index contributed by atoms with van der Waals surface area (Å²) in [7, 11) is 0. The third-order valence-electron chi connectivity index (χ3n) is 2.36. The number of halogens is 1. The summed E-state index contributed by atoms with van der Waals surface area (Å²) in [4.78, 5) is 15.0. The number of carbonyl (C=O) groups is 1. The Morgan fingerprint density at radius 1 is 1.44 bits per heavy atom. The van der Waals surface area contributed by atoms with Crippen LogP contribution in [-0.4, -0.2) is 16.1 Å². The van der Waals surface area contributed by atoms with E-state index in [0.717, 1.165) is 20.0 Å². The zero-order valence-electron chi connectivity index (χ0n) is 8.70. The van der Waals surface area contributed by atoms with Gasteiger partial charge >= 0.3 is 5.97 Å². The topological polar surface area (TPSA) is 50.2 Å². The molecule has 2 aromatic rings. The summed E-state index contributed by atoms with van der Waals surface area (Å²) in [6.07, 6.45) is -0.0250. The molecular weight excluding hydrogens is 317 g/mol. The minimum Gasteiger partial charge on any atom is -0.481 e. The molecule has 0 radical (unpaired) electrons. The summed E-state index contributed by atoms with van der Waals surface area (Å²) in [5.74, 6) is -0.850. The summed E-state index contributed by atoms with van der Waals surface area (Å²) in [5.41, 5.74) is 2.54. The van der Waals surface area contributed by atoms with E-state index in [2.05, 4.69) is 33.6 Å². The lowest BCUT2D eigenvalue weighted by molar-refractivity contribution is -0.136. The van der Waals surface area contributed by atoms with Crippen molar-refractivity contribution in [1.29, 1.82) is 0 Å². The molecule has 0 fully saturated rings. The standard InChI is InChI=1S/C12H10INO2/c1-7-4-9(6-12(15)16)14-11-3-2-8(13)5-10(7)11/h2-5H,6H2,1H3,(H,15,16). The highest BCUT2D eigenvalue weighted by Gasteiger charge is 2.06. The van der Waals surface area contributed by atoms with Gasteiger partial charge in [-0.1, -0.05) is 0 Å². The largest absolute Gasteiger partial charge is 0.481 e. The van der Waals surface area contributed by atoms with Gasteiger partial charge in [-0.15, -0.1) is 0 Å². The third-order valence-corrected chi connectivity index (χ3v) is 3.03. The molecule has 0 bridgehead atoms. The summed E-state index contributed by atoms with van der Waals surface area (Å²) < 4.78 is 1.15. The van der Waals surface area contributed by atoms with E-state index in [1.165, 1.54) is 0 Å². The van der Waals surface area contributed by atoms with E-state index in [4.69, 9.17) is 5.11 Å². The number of rotatable bonds is 2. The van der Waals surface area contributed by atoms with Crippen molar-refractivity contribution < 1.29 is 9.90 Å². The molecule has 0 atom stereocenters. The molecular formula is C12H10INO2. The quantitative estimate of drug-likeness (QED) is 0.863. The number of aliphatic carboxylic acids is 1. The lowest BCUT2D eigenvalue weighted by atomic mass is 10.1. The van der Waals surface area contributed by atoms with Gasteiger partial charge in [0, 0.05) is 8.96 Å². The Morgan fingerprint density at radius 3 is 2.88 bits per heavy atom. The van der Waals surface area contributed by atoms with Crippen LogP contribution in [-0.2, 0) is 11.2 Å². The van der Waals surface area contributed by atoms with E-state index in [1.807, 2.05) is 25.1 Å². The van der Waals surface area contributed by atoms with Crippen molar-refractivity contribution >= 4 is 39.5 Å². The van der Waals surface area contributed by atoms with E-state index in [0.29, 0.717) is 5.69 Å². The van der Waals surface area contributed by atoms with E-state index in [9.17, 15) is 4.79 Å². The first kappa shape index (κ1) is 11.3. The molecule has 2 rings (SSSR count). The van der Waals surface area contributed by atoms with Crippen molar-refractivity contribution in [3.63, 3.8) is 0 Å². The predicted molar refractivity (Wildman–Crippen MR) is 70.5 cm³/mol. The molecule has 0 saturated heterocycles. The molecule has 1 N–H and O–H groups in total. The van der Waals surface area contributed by atoms with Gasteiger partial charge in [0.1, 0.15) is 0 Å². The number of carboxylic acid groups (broad SMARTS) is 1. The van der Waals surface area contributed by atoms with Gasteiger partial charge < -0.3 is 5.11 Å². The number of hydrogen-bond donors (Lipinski definition) is 1. The number of benzene rings is 1. The lowest BCUT2D eigenvalue weighted by Gasteiger charge is -2.05. The molecule has 3 nitrogen and oxygen atoms in total. The summed E-state index contributed by atoms with van der Waals surface area (Å²) in [6.45, 7) is 1.98. The number of fused-ring (bicyclic) bond motifs is 1. The second-order valence-corrected chi connectivity index (χ2v) is 4.91. The van der Waals surface area contributed by atoms with Gasteiger partial charge in [0.25, 0.3) is 0 Å². The molecule has 16 heavy (non-hydrogen) atoms. The molecule has 0 spiro atoms. The molecule has 1 aromatic heterocycles. The second kappa shape index (κ2) is 4.37. The molecule has 0 aliphatic rings. The normalized spacial score (nSPS) is 10.6. The fourth-order valence-corrected chi connectivity index (χ4v) is 2.17. The minimum atomic E-state index is -0.850. The van der Waals surface area contributed by atoms with Gasteiger partial charge in [-0.2, -0.15) is 0 Å². The van der Waals surface area contributed by atoms with Crippen molar-refractivity contribution in [1.82, 2.24) is 4.98 Å². The third kappa shape index (κ3) is 2.32. The monoisotopic (exact) mass is 327 g/mol. The molecule has 4 heteroatoms. The zero-order valence-corrected chi connectivity index (χ0v) is 10.9. The highest BCUT2D eigenvalue weighted by molar-refractivity contribution is 14.1. The smallest absolute Gasteiger partial charge is 0.309 e. The molecule has 0 aliphatic heterocycles. The molecule has 1 heterocycles. The molecule has 0 amide bonds. The molecule has 82 valence electrons. The van der Waals surface area contributed by atoms with Crippen LogP contribution in [0.5, 0.6) is 0 Å². The Balaban J connectivity index is 2.59. The first-order chi connectivity index (χ1) is 7.56. The number of aromatic nitrogens is 1. The summed E-state index contributed by atoms with van der Waals surface area (Å²) in [6, 6.07) is 7.80. The van der Waals surface area contributed by atoms with Crippen molar-refractivity contribution in [2.45, 2.75) is 13.3 Å². The summed E-state index contributed by atoms with van der Waals surface area (Å²) >= 11 is 2.25. The number of aryl methyl sites for hydroxylation is 1. The van der Waals surface area contributed by atoms with Gasteiger partial charge in [-0.25, -0.2) is 0 Å². The van der Waals surface area contributed by atoms with Crippen LogP contribution in [0.2, 0.25) is 0 Å². The fraction of sp³-hybridized carbons (Fsp3) is 0.167. The Kier molecular flexibility index (Phi) is 3.09. The van der Waals surface area contributed by atoms with Crippen LogP contribution in [0.1, 0.15) is 11.3 Å². The maximum Gasteiger partial charge on any atom is 0.309 e. The average Bonchev–Trinajstić information content (AvgIpc) is 2.18. The van der Waals surface area contributed by atoms with Crippen LogP contribution in [0.25, 0.3) is 10.9 Å². The van der Waals surface area contributed by atoms with E-state index < -0.39 is 5.97 Å². The second-order valence-electron chi connectivity index (χ2n) is 3.66. The van der Waals surface area contributed by atoms with E-state index in [-0.39, 0.29) is 6.42 Å². The molecule has 0 unspecified atom stereocenters. The Morgan fingerprint density at radius 2 is 2.19 bits per heavy atom. The molecule has 1 aromatic carbocycles. The maximum absolute atomic E-state index is 10.6. The van der Waals surface area contributed by atoms with Crippen molar-refractivity contribution in [3.05, 3.63) is 39.1 Å². The van der Waals surface area contributed by atoms with Crippen LogP contribution in [0.15, 0.2) is 24.3 Å². The fourth-order valence-electron chi connectivity index (χ4n) is 1.68. The first-order valence-corrected chi connectivity index (χ1v) is 5.92. The summed E-state index contributed by atoms with van der Waals surface area (Å²) in [5, 5.41) is 9.82. The van der Waals surface area contributed by atoms with Crippen molar-refractivity contribution in [2.75, 3.05) is 0 Å². The first-order valence-electron chi connectivity index (χ1n) is 4.84. The Hall–Kier alpha value is -1.17. The molecule has 0 saturated carbocycles. The number of hydrogen-bond acceptors (Lipinski definition) is 2. The van der Waals surface area contributed by atoms with Crippen LogP contribution < -0.4 is 0 Å². The highest BCUT2D eigenvalue weighted by atomic mass is 127. The average molecular weight is 327 g/mol. The minimum absolute atomic E-state index is 0.0250. The van der Waals surface area contributed by atoms with Gasteiger partial charge in [0.2, 0.25) is 0 Å². The zero-order chi connectivity index (χ0) is 11.7. The van der Waals surface area contributed by atoms with Crippen molar-refractivity contribution in [3.8, 4) is 0 Å². The van der Waals surface area contributed by atoms with Crippen LogP contribution in [0.4, 0.5) is 0 Å². The van der Waals surface area contributed by atoms with Gasteiger partial charge in [0.05, 0.1) is 17.6 Å². The Bertz CT molecular complexity index is 566. The van der Waals surface area contributed by atoms with Crippen molar-refractivity contribution in [2.24, 2.45) is 0 Å². The molecule has 0 aliphatic carbocycles. The number of nitrogens with zero attached hydrogens (tertiary/aromatic N) is 1. The maximum atomic E-state index is 10.6. The van der Waals surface area contributed by atoms with Crippen LogP contribution >= 0.6 is 22.6 Å². The van der Waals surface area contributed by atoms with Crippen LogP contribution in [0.3, 0.4) is 0 Å².